The highest BCUT2D eigenvalue weighted by atomic mass is 35.5. The molecule has 0 radical (unpaired) electrons. The molecule has 100 valence electrons. The maximum absolute atomic E-state index is 11.4. The van der Waals surface area contributed by atoms with Crippen LogP contribution in [0.1, 0.15) is 6.92 Å². The van der Waals surface area contributed by atoms with E-state index in [2.05, 4.69) is 10.0 Å². The first-order chi connectivity index (χ1) is 8.19. The number of benzene rings is 1. The molecule has 0 unspecified atom stereocenters. The predicted octanol–water partition coefficient (Wildman–Crippen LogP) is 0.997. The van der Waals surface area contributed by atoms with Gasteiger partial charge in [0.15, 0.2) is 0 Å². The van der Waals surface area contributed by atoms with Gasteiger partial charge in [0, 0.05) is 0 Å². The minimum Gasteiger partial charge on any atom is -0.323 e. The zero-order chi connectivity index (χ0) is 13.9. The lowest BCUT2D eigenvalue weighted by atomic mass is 10.2. The number of carbonyl (C=O) groups is 1. The molecule has 8 heteroatoms. The lowest BCUT2D eigenvalue weighted by Crippen LogP contribution is -2.32. The monoisotopic (exact) mass is 291 g/mol. The molecule has 1 rings (SSSR count). The molecule has 1 amide bonds. The molecule has 4 N–H and O–H groups in total. The van der Waals surface area contributed by atoms with Gasteiger partial charge in [-0.2, -0.15) is 0 Å². The van der Waals surface area contributed by atoms with Crippen LogP contribution in [0.2, 0.25) is 5.02 Å². The summed E-state index contributed by atoms with van der Waals surface area (Å²) in [5.41, 5.74) is 6.01. The third-order valence-electron chi connectivity index (χ3n) is 1.94. The largest absolute Gasteiger partial charge is 0.323 e. The Morgan fingerprint density at radius 2 is 2.06 bits per heavy atom. The van der Waals surface area contributed by atoms with Gasteiger partial charge in [0.05, 0.1) is 28.7 Å². The number of nitrogens with one attached hydrogen (secondary N) is 2. The summed E-state index contributed by atoms with van der Waals surface area (Å²) in [4.78, 5) is 11.4. The predicted molar refractivity (Wildman–Crippen MR) is 72.2 cm³/mol. The van der Waals surface area contributed by atoms with Crippen molar-refractivity contribution >= 4 is 38.9 Å². The first kappa shape index (κ1) is 14.7. The van der Waals surface area contributed by atoms with Crippen molar-refractivity contribution in [3.8, 4) is 0 Å². The molecule has 0 aliphatic heterocycles. The fourth-order valence-electron chi connectivity index (χ4n) is 1.15. The van der Waals surface area contributed by atoms with E-state index in [1.165, 1.54) is 25.1 Å². The molecule has 18 heavy (non-hydrogen) atoms. The number of anilines is 2. The SMILES string of the molecule is C[C@@H](N)C(=O)Nc1cc(NS(C)(=O)=O)ccc1Cl. The number of nitrogens with two attached hydrogens (primary N) is 1. The van der Waals surface area contributed by atoms with Gasteiger partial charge >= 0.3 is 0 Å². The van der Waals surface area contributed by atoms with Crippen LogP contribution in [0.3, 0.4) is 0 Å². The van der Waals surface area contributed by atoms with Crippen LogP contribution in [0.15, 0.2) is 18.2 Å². The van der Waals surface area contributed by atoms with Crippen LogP contribution in [-0.2, 0) is 14.8 Å². The molecule has 0 fully saturated rings. The maximum atomic E-state index is 11.4. The Labute approximate surface area is 111 Å². The van der Waals surface area contributed by atoms with Crippen LogP contribution in [0, 0.1) is 0 Å². The zero-order valence-electron chi connectivity index (χ0n) is 9.90. The van der Waals surface area contributed by atoms with Crippen molar-refractivity contribution in [1.82, 2.24) is 0 Å². The zero-order valence-corrected chi connectivity index (χ0v) is 11.5. The van der Waals surface area contributed by atoms with E-state index in [0.717, 1.165) is 6.26 Å². The van der Waals surface area contributed by atoms with Crippen LogP contribution in [-0.4, -0.2) is 26.6 Å². The Bertz CT molecular complexity index is 557. The van der Waals surface area contributed by atoms with Gasteiger partial charge < -0.3 is 11.1 Å². The van der Waals surface area contributed by atoms with Crippen molar-refractivity contribution in [2.24, 2.45) is 5.73 Å². The quantitative estimate of drug-likeness (QED) is 0.770. The van der Waals surface area contributed by atoms with Crippen molar-refractivity contribution in [1.29, 1.82) is 0 Å². The van der Waals surface area contributed by atoms with Gasteiger partial charge in [-0.25, -0.2) is 8.42 Å². The fourth-order valence-corrected chi connectivity index (χ4v) is 1.87. The molecule has 6 nitrogen and oxygen atoms in total. The van der Waals surface area contributed by atoms with E-state index in [4.69, 9.17) is 17.3 Å². The number of hydrogen-bond acceptors (Lipinski definition) is 4. The number of rotatable bonds is 4. The van der Waals surface area contributed by atoms with Crippen LogP contribution >= 0.6 is 11.6 Å². The molecule has 0 aliphatic carbocycles. The summed E-state index contributed by atoms with van der Waals surface area (Å²) in [6.07, 6.45) is 1.03. The summed E-state index contributed by atoms with van der Waals surface area (Å²) in [6.45, 7) is 1.53. The first-order valence-corrected chi connectivity index (χ1v) is 7.30. The molecule has 0 heterocycles. The first-order valence-electron chi connectivity index (χ1n) is 5.03. The molecule has 1 atom stereocenters. The Morgan fingerprint density at radius 1 is 1.44 bits per heavy atom. The van der Waals surface area contributed by atoms with Crippen molar-refractivity contribution in [2.45, 2.75) is 13.0 Å². The normalized spacial score (nSPS) is 12.9. The number of sulfonamides is 1. The van der Waals surface area contributed by atoms with Gasteiger partial charge in [0.1, 0.15) is 0 Å². The highest BCUT2D eigenvalue weighted by molar-refractivity contribution is 7.92. The topological polar surface area (TPSA) is 101 Å². The van der Waals surface area contributed by atoms with Gasteiger partial charge in [0.25, 0.3) is 0 Å². The van der Waals surface area contributed by atoms with Crippen LogP contribution in [0.25, 0.3) is 0 Å². The Morgan fingerprint density at radius 3 is 2.56 bits per heavy atom. The molecule has 0 aliphatic rings. The minimum absolute atomic E-state index is 0.294. The van der Waals surface area contributed by atoms with E-state index in [9.17, 15) is 13.2 Å². The lowest BCUT2D eigenvalue weighted by Gasteiger charge is -2.11. The molecule has 0 saturated carbocycles. The van der Waals surface area contributed by atoms with Gasteiger partial charge in [-0.3, -0.25) is 9.52 Å². The molecular formula is C10H14ClN3O3S. The van der Waals surface area contributed by atoms with Gasteiger partial charge in [-0.05, 0) is 25.1 Å². The summed E-state index contributed by atoms with van der Waals surface area (Å²) >= 11 is 5.88. The van der Waals surface area contributed by atoms with Crippen molar-refractivity contribution in [3.05, 3.63) is 23.2 Å². The van der Waals surface area contributed by atoms with Crippen molar-refractivity contribution in [2.75, 3.05) is 16.3 Å². The van der Waals surface area contributed by atoms with Crippen molar-refractivity contribution < 1.29 is 13.2 Å². The third kappa shape index (κ3) is 4.52. The number of halogens is 1. The van der Waals surface area contributed by atoms with Crippen LogP contribution < -0.4 is 15.8 Å². The summed E-state index contributed by atoms with van der Waals surface area (Å²) in [7, 11) is -3.38. The lowest BCUT2D eigenvalue weighted by molar-refractivity contribution is -0.117. The Balaban J connectivity index is 2.98. The second kappa shape index (κ2) is 5.55. The average molecular weight is 292 g/mol. The van der Waals surface area contributed by atoms with Crippen molar-refractivity contribution in [3.63, 3.8) is 0 Å². The highest BCUT2D eigenvalue weighted by Crippen LogP contribution is 2.26. The van der Waals surface area contributed by atoms with E-state index in [1.54, 1.807) is 0 Å². The van der Waals surface area contributed by atoms with Gasteiger partial charge in [-0.15, -0.1) is 0 Å². The summed E-state index contributed by atoms with van der Waals surface area (Å²) in [5, 5.41) is 2.80. The molecule has 0 aromatic heterocycles. The number of hydrogen-bond donors (Lipinski definition) is 3. The summed E-state index contributed by atoms with van der Waals surface area (Å²) in [6, 6.07) is 3.70. The molecule has 0 bridgehead atoms. The molecule has 1 aromatic carbocycles. The van der Waals surface area contributed by atoms with E-state index in [1.807, 2.05) is 0 Å². The van der Waals surface area contributed by atoms with E-state index in [-0.39, 0.29) is 0 Å². The molecule has 0 spiro atoms. The molecule has 0 saturated heterocycles. The highest BCUT2D eigenvalue weighted by Gasteiger charge is 2.11. The molecular weight excluding hydrogens is 278 g/mol. The minimum atomic E-state index is -3.38. The van der Waals surface area contributed by atoms with Crippen LogP contribution in [0.5, 0.6) is 0 Å². The van der Waals surface area contributed by atoms with E-state index >= 15 is 0 Å². The number of carbonyl (C=O) groups excluding carboxylic acids is 1. The Kier molecular flexibility index (Phi) is 4.55. The summed E-state index contributed by atoms with van der Waals surface area (Å²) in [5.74, 6) is -0.409. The maximum Gasteiger partial charge on any atom is 0.241 e. The van der Waals surface area contributed by atoms with Gasteiger partial charge in [-0.1, -0.05) is 11.6 Å². The molecule has 1 aromatic rings. The average Bonchev–Trinajstić information content (AvgIpc) is 2.20. The second-order valence-corrected chi connectivity index (χ2v) is 6.00. The van der Waals surface area contributed by atoms with E-state index in [0.29, 0.717) is 16.4 Å². The number of amides is 1. The van der Waals surface area contributed by atoms with Crippen LogP contribution in [0.4, 0.5) is 11.4 Å². The third-order valence-corrected chi connectivity index (χ3v) is 2.88. The Hall–Kier alpha value is -1.31. The summed E-state index contributed by atoms with van der Waals surface area (Å²) < 4.78 is 24.4. The fraction of sp³-hybridized carbons (Fsp3) is 0.300. The second-order valence-electron chi connectivity index (χ2n) is 3.85. The standard InChI is InChI=1S/C10H14ClN3O3S/c1-6(12)10(15)13-9-5-7(3-4-8(9)11)14-18(2,16)17/h3-6,14H,12H2,1-2H3,(H,13,15)/t6-/m1/s1. The van der Waals surface area contributed by atoms with Gasteiger partial charge in [0.2, 0.25) is 15.9 Å². The van der Waals surface area contributed by atoms with E-state index < -0.39 is 22.0 Å². The smallest absolute Gasteiger partial charge is 0.241 e.